The van der Waals surface area contributed by atoms with Crippen LogP contribution in [0, 0.1) is 5.41 Å². The second-order valence-corrected chi connectivity index (χ2v) is 5.93. The van der Waals surface area contributed by atoms with Gasteiger partial charge in [-0.3, -0.25) is 4.79 Å². The monoisotopic (exact) mass is 329 g/mol. The normalized spacial score (nSPS) is 11.9. The third-order valence-electron chi connectivity index (χ3n) is 3.85. The summed E-state index contributed by atoms with van der Waals surface area (Å²) in [5.74, 6) is -0.208. The standard InChI is InChI=1S/C16H21Cl2NO2/c1-3-16(4-2,11-20)10-19-15(21)8-6-12-5-7-13(17)9-14(12)18/h5-9,20H,3-4,10-11H2,1-2H3,(H,19,21)/b8-6+. The van der Waals surface area contributed by atoms with Crippen LogP contribution in [0.3, 0.4) is 0 Å². The van der Waals surface area contributed by atoms with E-state index in [1.807, 2.05) is 13.8 Å². The summed E-state index contributed by atoms with van der Waals surface area (Å²) < 4.78 is 0. The van der Waals surface area contributed by atoms with Gasteiger partial charge < -0.3 is 10.4 Å². The van der Waals surface area contributed by atoms with E-state index in [0.29, 0.717) is 16.6 Å². The fourth-order valence-electron chi connectivity index (χ4n) is 1.92. The van der Waals surface area contributed by atoms with Crippen LogP contribution in [0.1, 0.15) is 32.3 Å². The molecule has 5 heteroatoms. The SMILES string of the molecule is CCC(CC)(CO)CNC(=O)/C=C/c1ccc(Cl)cc1Cl. The summed E-state index contributed by atoms with van der Waals surface area (Å²) in [5.41, 5.74) is 0.483. The predicted molar refractivity (Wildman–Crippen MR) is 88.6 cm³/mol. The van der Waals surface area contributed by atoms with Gasteiger partial charge in [-0.25, -0.2) is 0 Å². The minimum Gasteiger partial charge on any atom is -0.396 e. The van der Waals surface area contributed by atoms with Gasteiger partial charge in [0.2, 0.25) is 5.91 Å². The van der Waals surface area contributed by atoms with Crippen molar-refractivity contribution in [3.8, 4) is 0 Å². The molecule has 0 fully saturated rings. The first-order chi connectivity index (χ1) is 9.96. The van der Waals surface area contributed by atoms with Gasteiger partial charge in [-0.05, 0) is 36.6 Å². The van der Waals surface area contributed by atoms with Gasteiger partial charge in [-0.15, -0.1) is 0 Å². The minimum atomic E-state index is -0.249. The number of hydrogen-bond acceptors (Lipinski definition) is 2. The van der Waals surface area contributed by atoms with Crippen molar-refractivity contribution in [2.24, 2.45) is 5.41 Å². The zero-order valence-corrected chi connectivity index (χ0v) is 13.8. The van der Waals surface area contributed by atoms with E-state index in [9.17, 15) is 9.90 Å². The summed E-state index contributed by atoms with van der Waals surface area (Å²) in [4.78, 5) is 11.8. The van der Waals surface area contributed by atoms with Gasteiger partial charge in [-0.2, -0.15) is 0 Å². The van der Waals surface area contributed by atoms with E-state index in [1.54, 1.807) is 24.3 Å². The third-order valence-corrected chi connectivity index (χ3v) is 4.41. The van der Waals surface area contributed by atoms with Crippen molar-refractivity contribution in [1.82, 2.24) is 5.32 Å². The van der Waals surface area contributed by atoms with E-state index in [-0.39, 0.29) is 17.9 Å². The molecule has 21 heavy (non-hydrogen) atoms. The average molecular weight is 330 g/mol. The second kappa shape index (κ2) is 8.42. The highest BCUT2D eigenvalue weighted by molar-refractivity contribution is 6.35. The first kappa shape index (κ1) is 18.0. The number of halogens is 2. The Hall–Kier alpha value is -1.03. The van der Waals surface area contributed by atoms with E-state index < -0.39 is 0 Å². The van der Waals surface area contributed by atoms with Crippen molar-refractivity contribution in [3.05, 3.63) is 39.9 Å². The largest absolute Gasteiger partial charge is 0.396 e. The van der Waals surface area contributed by atoms with E-state index in [1.165, 1.54) is 6.08 Å². The quantitative estimate of drug-likeness (QED) is 0.745. The maximum atomic E-state index is 11.8. The third kappa shape index (κ3) is 5.34. The van der Waals surface area contributed by atoms with Crippen LogP contribution in [-0.2, 0) is 4.79 Å². The van der Waals surface area contributed by atoms with Crippen molar-refractivity contribution in [2.45, 2.75) is 26.7 Å². The number of carbonyl (C=O) groups excluding carboxylic acids is 1. The molecular weight excluding hydrogens is 309 g/mol. The van der Waals surface area contributed by atoms with Crippen LogP contribution in [0.15, 0.2) is 24.3 Å². The van der Waals surface area contributed by atoms with Gasteiger partial charge in [0.1, 0.15) is 0 Å². The highest BCUT2D eigenvalue weighted by Crippen LogP contribution is 2.24. The molecule has 0 bridgehead atoms. The summed E-state index contributed by atoms with van der Waals surface area (Å²) in [6.45, 7) is 4.53. The Balaban J connectivity index is 2.63. The van der Waals surface area contributed by atoms with Crippen LogP contribution in [0.2, 0.25) is 10.0 Å². The average Bonchev–Trinajstić information content (AvgIpc) is 2.48. The Morgan fingerprint density at radius 3 is 2.52 bits per heavy atom. The summed E-state index contributed by atoms with van der Waals surface area (Å²) in [6, 6.07) is 5.10. The first-order valence-corrected chi connectivity index (χ1v) is 7.73. The molecule has 0 unspecified atom stereocenters. The first-order valence-electron chi connectivity index (χ1n) is 6.98. The van der Waals surface area contributed by atoms with Crippen molar-refractivity contribution in [2.75, 3.05) is 13.2 Å². The zero-order valence-electron chi connectivity index (χ0n) is 12.3. The number of nitrogens with one attached hydrogen (secondary N) is 1. The van der Waals surface area contributed by atoms with Gasteiger partial charge >= 0.3 is 0 Å². The summed E-state index contributed by atoms with van der Waals surface area (Å²) in [6.07, 6.45) is 4.70. The van der Waals surface area contributed by atoms with Gasteiger partial charge in [0.25, 0.3) is 0 Å². The zero-order chi connectivity index (χ0) is 15.9. The number of rotatable bonds is 7. The molecular formula is C16H21Cl2NO2. The lowest BCUT2D eigenvalue weighted by Crippen LogP contribution is -2.38. The molecule has 3 nitrogen and oxygen atoms in total. The molecule has 1 aromatic rings. The van der Waals surface area contributed by atoms with Gasteiger partial charge in [-0.1, -0.05) is 43.1 Å². The number of aliphatic hydroxyl groups is 1. The van der Waals surface area contributed by atoms with E-state index in [4.69, 9.17) is 23.2 Å². The van der Waals surface area contributed by atoms with E-state index in [0.717, 1.165) is 18.4 Å². The Morgan fingerprint density at radius 1 is 1.33 bits per heavy atom. The van der Waals surface area contributed by atoms with Crippen molar-refractivity contribution in [3.63, 3.8) is 0 Å². The van der Waals surface area contributed by atoms with Gasteiger partial charge in [0.15, 0.2) is 0 Å². The Bertz CT molecular complexity index is 503. The molecule has 0 aliphatic carbocycles. The fourth-order valence-corrected chi connectivity index (χ4v) is 2.39. The molecule has 1 aromatic carbocycles. The lowest BCUT2D eigenvalue weighted by molar-refractivity contribution is -0.117. The summed E-state index contributed by atoms with van der Waals surface area (Å²) >= 11 is 11.8. The minimum absolute atomic E-state index is 0.0625. The molecule has 0 spiro atoms. The highest BCUT2D eigenvalue weighted by atomic mass is 35.5. The lowest BCUT2D eigenvalue weighted by Gasteiger charge is -2.29. The second-order valence-electron chi connectivity index (χ2n) is 5.08. The number of carbonyl (C=O) groups is 1. The Kier molecular flexibility index (Phi) is 7.23. The molecule has 0 saturated carbocycles. The van der Waals surface area contributed by atoms with Crippen LogP contribution in [-0.4, -0.2) is 24.2 Å². The molecule has 0 aromatic heterocycles. The highest BCUT2D eigenvalue weighted by Gasteiger charge is 2.25. The summed E-state index contributed by atoms with van der Waals surface area (Å²) in [7, 11) is 0. The molecule has 0 aliphatic heterocycles. The van der Waals surface area contributed by atoms with Crippen molar-refractivity contribution in [1.29, 1.82) is 0 Å². The number of aliphatic hydroxyl groups excluding tert-OH is 1. The number of hydrogen-bond donors (Lipinski definition) is 2. The van der Waals surface area contributed by atoms with Gasteiger partial charge in [0, 0.05) is 28.1 Å². The summed E-state index contributed by atoms with van der Waals surface area (Å²) in [5, 5.41) is 13.3. The van der Waals surface area contributed by atoms with Crippen LogP contribution < -0.4 is 5.32 Å². The van der Waals surface area contributed by atoms with E-state index in [2.05, 4.69) is 5.32 Å². The van der Waals surface area contributed by atoms with E-state index >= 15 is 0 Å². The fraction of sp³-hybridized carbons (Fsp3) is 0.438. The Morgan fingerprint density at radius 2 is 2.00 bits per heavy atom. The van der Waals surface area contributed by atoms with Crippen LogP contribution >= 0.6 is 23.2 Å². The molecule has 1 amide bonds. The molecule has 1 rings (SSSR count). The van der Waals surface area contributed by atoms with Crippen LogP contribution in [0.4, 0.5) is 0 Å². The van der Waals surface area contributed by atoms with Crippen LogP contribution in [0.25, 0.3) is 6.08 Å². The Labute approximate surface area is 136 Å². The smallest absolute Gasteiger partial charge is 0.244 e. The molecule has 116 valence electrons. The van der Waals surface area contributed by atoms with Crippen molar-refractivity contribution >= 4 is 35.2 Å². The molecule has 0 aliphatic rings. The molecule has 0 atom stereocenters. The maximum absolute atomic E-state index is 11.8. The predicted octanol–water partition coefficient (Wildman–Crippen LogP) is 3.92. The number of benzene rings is 1. The molecule has 0 saturated heterocycles. The topological polar surface area (TPSA) is 49.3 Å². The van der Waals surface area contributed by atoms with Crippen molar-refractivity contribution < 1.29 is 9.90 Å². The number of amides is 1. The van der Waals surface area contributed by atoms with Crippen LogP contribution in [0.5, 0.6) is 0 Å². The van der Waals surface area contributed by atoms with Gasteiger partial charge in [0.05, 0.1) is 6.61 Å². The molecule has 2 N–H and O–H groups in total. The molecule has 0 radical (unpaired) electrons. The molecule has 0 heterocycles. The maximum Gasteiger partial charge on any atom is 0.244 e. The lowest BCUT2D eigenvalue weighted by atomic mass is 9.83.